The third kappa shape index (κ3) is 4.71. The maximum absolute atomic E-state index is 12.0. The molecule has 0 fully saturated rings. The molecule has 0 bridgehead atoms. The Bertz CT molecular complexity index is 1040. The van der Waals surface area contributed by atoms with E-state index in [1.165, 1.54) is 6.07 Å². The van der Waals surface area contributed by atoms with Gasteiger partial charge in [0.25, 0.3) is 0 Å². The van der Waals surface area contributed by atoms with Crippen molar-refractivity contribution in [3.05, 3.63) is 59.0 Å². The SMILES string of the molecule is COc1ccc(-c2cc(=O)oc3cc(OCC(=O)OC(C)(C)C)ccc23)cc1. The molecule has 0 saturated heterocycles. The van der Waals surface area contributed by atoms with Crippen LogP contribution in [0, 0.1) is 0 Å². The Morgan fingerprint density at radius 3 is 2.32 bits per heavy atom. The molecular formula is C22H22O6. The van der Waals surface area contributed by atoms with E-state index in [1.54, 1.807) is 46.1 Å². The third-order valence-electron chi connectivity index (χ3n) is 3.89. The van der Waals surface area contributed by atoms with E-state index < -0.39 is 17.2 Å². The van der Waals surface area contributed by atoms with Crippen molar-refractivity contribution in [2.75, 3.05) is 13.7 Å². The third-order valence-corrected chi connectivity index (χ3v) is 3.89. The lowest BCUT2D eigenvalue weighted by molar-refractivity contribution is -0.157. The molecule has 28 heavy (non-hydrogen) atoms. The molecule has 2 aromatic carbocycles. The van der Waals surface area contributed by atoms with Crippen molar-refractivity contribution < 1.29 is 23.4 Å². The van der Waals surface area contributed by atoms with Crippen LogP contribution in [0.5, 0.6) is 11.5 Å². The molecule has 0 amide bonds. The number of benzene rings is 2. The van der Waals surface area contributed by atoms with Gasteiger partial charge in [0, 0.05) is 17.5 Å². The van der Waals surface area contributed by atoms with E-state index in [-0.39, 0.29) is 6.61 Å². The van der Waals surface area contributed by atoms with Crippen LogP contribution in [-0.2, 0) is 9.53 Å². The van der Waals surface area contributed by atoms with Gasteiger partial charge < -0.3 is 18.6 Å². The summed E-state index contributed by atoms with van der Waals surface area (Å²) >= 11 is 0. The van der Waals surface area contributed by atoms with Gasteiger partial charge in [0.2, 0.25) is 0 Å². The zero-order valence-corrected chi connectivity index (χ0v) is 16.3. The number of fused-ring (bicyclic) bond motifs is 1. The smallest absolute Gasteiger partial charge is 0.344 e. The normalized spacial score (nSPS) is 11.3. The van der Waals surface area contributed by atoms with Crippen molar-refractivity contribution in [1.29, 1.82) is 0 Å². The quantitative estimate of drug-likeness (QED) is 0.487. The van der Waals surface area contributed by atoms with Crippen molar-refractivity contribution in [3.63, 3.8) is 0 Å². The summed E-state index contributed by atoms with van der Waals surface area (Å²) in [5.41, 5.74) is 0.931. The van der Waals surface area contributed by atoms with Gasteiger partial charge in [-0.25, -0.2) is 9.59 Å². The number of ether oxygens (including phenoxy) is 3. The Labute approximate surface area is 162 Å². The summed E-state index contributed by atoms with van der Waals surface area (Å²) in [6.07, 6.45) is 0. The Morgan fingerprint density at radius 2 is 1.68 bits per heavy atom. The number of hydrogen-bond acceptors (Lipinski definition) is 6. The van der Waals surface area contributed by atoms with Crippen LogP contribution >= 0.6 is 0 Å². The van der Waals surface area contributed by atoms with Crippen molar-refractivity contribution in [2.24, 2.45) is 0 Å². The zero-order chi connectivity index (χ0) is 20.3. The minimum atomic E-state index is -0.579. The number of rotatable bonds is 5. The van der Waals surface area contributed by atoms with E-state index in [0.29, 0.717) is 11.3 Å². The molecule has 1 heterocycles. The van der Waals surface area contributed by atoms with Crippen molar-refractivity contribution >= 4 is 16.9 Å². The van der Waals surface area contributed by atoms with E-state index in [4.69, 9.17) is 18.6 Å². The number of hydrogen-bond donors (Lipinski definition) is 0. The second-order valence-electron chi connectivity index (χ2n) is 7.24. The van der Waals surface area contributed by atoms with Gasteiger partial charge in [-0.3, -0.25) is 0 Å². The van der Waals surface area contributed by atoms with Gasteiger partial charge in [-0.1, -0.05) is 12.1 Å². The molecule has 1 aromatic heterocycles. The first-order chi connectivity index (χ1) is 13.2. The number of carbonyl (C=O) groups excluding carboxylic acids is 1. The summed E-state index contributed by atoms with van der Waals surface area (Å²) in [4.78, 5) is 23.8. The summed E-state index contributed by atoms with van der Waals surface area (Å²) in [7, 11) is 1.60. The highest BCUT2D eigenvalue weighted by molar-refractivity contribution is 5.93. The maximum atomic E-state index is 12.0. The Morgan fingerprint density at radius 1 is 1.00 bits per heavy atom. The minimum Gasteiger partial charge on any atom is -0.497 e. The van der Waals surface area contributed by atoms with Crippen LogP contribution in [0.4, 0.5) is 0 Å². The predicted molar refractivity (Wildman–Crippen MR) is 106 cm³/mol. The highest BCUT2D eigenvalue weighted by Crippen LogP contribution is 2.30. The van der Waals surface area contributed by atoms with E-state index in [2.05, 4.69) is 0 Å². The molecule has 3 rings (SSSR count). The Hall–Kier alpha value is -3.28. The van der Waals surface area contributed by atoms with Gasteiger partial charge >= 0.3 is 11.6 Å². The molecule has 0 saturated carbocycles. The van der Waals surface area contributed by atoms with Gasteiger partial charge in [-0.15, -0.1) is 0 Å². The lowest BCUT2D eigenvalue weighted by Crippen LogP contribution is -2.27. The molecule has 146 valence electrons. The maximum Gasteiger partial charge on any atom is 0.344 e. The molecular weight excluding hydrogens is 360 g/mol. The average Bonchev–Trinajstić information content (AvgIpc) is 2.64. The van der Waals surface area contributed by atoms with Crippen LogP contribution < -0.4 is 15.1 Å². The second-order valence-corrected chi connectivity index (χ2v) is 7.24. The average molecular weight is 382 g/mol. The van der Waals surface area contributed by atoms with Crippen LogP contribution in [-0.4, -0.2) is 25.3 Å². The number of methoxy groups -OCH3 is 1. The van der Waals surface area contributed by atoms with Crippen molar-refractivity contribution in [1.82, 2.24) is 0 Å². The fourth-order valence-corrected chi connectivity index (χ4v) is 2.76. The molecule has 6 heteroatoms. The van der Waals surface area contributed by atoms with Crippen LogP contribution in [0.2, 0.25) is 0 Å². The van der Waals surface area contributed by atoms with E-state index in [0.717, 1.165) is 22.3 Å². The molecule has 0 aliphatic rings. The lowest BCUT2D eigenvalue weighted by Gasteiger charge is -2.19. The first-order valence-corrected chi connectivity index (χ1v) is 8.82. The zero-order valence-electron chi connectivity index (χ0n) is 16.3. The molecule has 6 nitrogen and oxygen atoms in total. The molecule has 0 radical (unpaired) electrons. The minimum absolute atomic E-state index is 0.231. The summed E-state index contributed by atoms with van der Waals surface area (Å²) in [5, 5.41) is 0.759. The van der Waals surface area contributed by atoms with Crippen molar-refractivity contribution in [3.8, 4) is 22.6 Å². The standard InChI is InChI=1S/C22H22O6/c1-22(2,3)28-21(24)13-26-16-9-10-17-18(12-20(23)27-19(17)11-16)14-5-7-15(25-4)8-6-14/h5-12H,13H2,1-4H3. The fraction of sp³-hybridized carbons (Fsp3) is 0.273. The highest BCUT2D eigenvalue weighted by Gasteiger charge is 2.17. The van der Waals surface area contributed by atoms with Gasteiger partial charge in [0.15, 0.2) is 6.61 Å². The number of carbonyl (C=O) groups is 1. The van der Waals surface area contributed by atoms with E-state index >= 15 is 0 Å². The molecule has 0 aliphatic heterocycles. The van der Waals surface area contributed by atoms with Crippen LogP contribution in [0.15, 0.2) is 57.7 Å². The molecule has 0 atom stereocenters. The van der Waals surface area contributed by atoms with Crippen LogP contribution in [0.1, 0.15) is 20.8 Å². The second kappa shape index (κ2) is 7.76. The lowest BCUT2D eigenvalue weighted by atomic mass is 10.0. The van der Waals surface area contributed by atoms with Crippen LogP contribution in [0.3, 0.4) is 0 Å². The summed E-state index contributed by atoms with van der Waals surface area (Å²) in [6, 6.07) is 14.0. The van der Waals surface area contributed by atoms with Crippen LogP contribution in [0.25, 0.3) is 22.1 Å². The first kappa shape index (κ1) is 19.5. The summed E-state index contributed by atoms with van der Waals surface area (Å²) in [5.74, 6) is 0.670. The van der Waals surface area contributed by atoms with Gasteiger partial charge in [-0.2, -0.15) is 0 Å². The molecule has 3 aromatic rings. The summed E-state index contributed by atoms with van der Waals surface area (Å²) < 4.78 is 21.2. The van der Waals surface area contributed by atoms with E-state index in [9.17, 15) is 9.59 Å². The molecule has 0 N–H and O–H groups in total. The topological polar surface area (TPSA) is 75.0 Å². The van der Waals surface area contributed by atoms with Gasteiger partial charge in [0.05, 0.1) is 7.11 Å². The molecule has 0 aliphatic carbocycles. The van der Waals surface area contributed by atoms with Gasteiger partial charge in [-0.05, 0) is 56.2 Å². The fourth-order valence-electron chi connectivity index (χ4n) is 2.76. The largest absolute Gasteiger partial charge is 0.497 e. The monoisotopic (exact) mass is 382 g/mol. The Balaban J connectivity index is 1.88. The highest BCUT2D eigenvalue weighted by atomic mass is 16.6. The van der Waals surface area contributed by atoms with Gasteiger partial charge in [0.1, 0.15) is 22.7 Å². The Kier molecular flexibility index (Phi) is 5.40. The first-order valence-electron chi connectivity index (χ1n) is 8.82. The predicted octanol–water partition coefficient (Wildman–Crippen LogP) is 4.19. The summed E-state index contributed by atoms with van der Waals surface area (Å²) in [6.45, 7) is 5.13. The van der Waals surface area contributed by atoms with Crippen molar-refractivity contribution in [2.45, 2.75) is 26.4 Å². The molecule has 0 unspecified atom stereocenters. The number of esters is 1. The van der Waals surface area contributed by atoms with E-state index in [1.807, 2.05) is 24.3 Å². The molecule has 0 spiro atoms.